The summed E-state index contributed by atoms with van der Waals surface area (Å²) in [7, 11) is 0. The number of amidine groups is 2. The average Bonchev–Trinajstić information content (AvgIpc) is 3.43. The van der Waals surface area contributed by atoms with Crippen LogP contribution in [0.5, 0.6) is 28.7 Å². The molecular weight excluding hydrogens is 1040 g/mol. The SMILES string of the molecule is CCOC(=O)C=C1CCOc2c(F)cccc21.N=C(N)SC/C=C1\CCOc2c(F)cccc21.NC1=NC2(CCOc3c(F)cccc32)CCS1.O=C1CCOc2c(F)cccc21.OCC=C1CCOc2c(F)cccc21. The van der Waals surface area contributed by atoms with E-state index in [4.69, 9.17) is 50.4 Å². The van der Waals surface area contributed by atoms with Gasteiger partial charge < -0.3 is 45.0 Å². The second kappa shape index (κ2) is 27.7. The number of aliphatic hydroxyl groups is 1. The summed E-state index contributed by atoms with van der Waals surface area (Å²) in [6.45, 7) is 4.17. The van der Waals surface area contributed by atoms with E-state index in [9.17, 15) is 31.5 Å². The van der Waals surface area contributed by atoms with E-state index in [-0.39, 0.29) is 58.7 Å². The Kier molecular flexibility index (Phi) is 20.6. The Morgan fingerprint density at radius 3 is 1.64 bits per heavy atom. The maximum atomic E-state index is 13.7. The topological polar surface area (TPSA) is 198 Å². The van der Waals surface area contributed by atoms with Gasteiger partial charge in [-0.3, -0.25) is 15.2 Å². The molecule has 0 bridgehead atoms. The standard InChI is InChI=1S/C13H13FO3.2C12H13FN2OS.C11H11FO2.C9H7FO2/c1-2-16-12(15)8-9-6-7-17-13-10(9)4-3-5-11(13)14;13-9-3-1-2-8-10(9)16-6-4-12(8)5-7-17-11(14)15-12;13-10-3-1-2-9-8(4-6-16-11(9)10)5-7-17-12(14)15;12-10-3-1-2-9-8(4-6-13)5-7-14-11(9)10;10-7-3-1-2-6-8(11)4-5-12-9(6)7/h3-5,8H,2,6-7H2,1H3;1-3H,4-7H2,(H2,14,15);1-3,5H,4,6-7H2,(H3,14,15);1-4,13H,5-7H2;1-3H,4-5H2/b;;8-5+;;. The third-order valence-electron chi connectivity index (χ3n) is 12.4. The van der Waals surface area contributed by atoms with E-state index in [1.165, 1.54) is 54.2 Å². The number of halogens is 5. The molecule has 6 heterocycles. The fourth-order valence-electron chi connectivity index (χ4n) is 8.89. The molecule has 13 nitrogen and oxygen atoms in total. The summed E-state index contributed by atoms with van der Waals surface area (Å²) in [6, 6.07) is 23.8. The van der Waals surface area contributed by atoms with Crippen LogP contribution in [0.15, 0.2) is 114 Å². The van der Waals surface area contributed by atoms with Crippen molar-refractivity contribution in [1.29, 1.82) is 5.41 Å². The number of ketones is 1. The van der Waals surface area contributed by atoms with Crippen LogP contribution in [-0.4, -0.2) is 84.9 Å². The molecule has 0 saturated heterocycles. The summed E-state index contributed by atoms with van der Waals surface area (Å²) in [4.78, 5) is 27.1. The largest absolute Gasteiger partial charge is 0.490 e. The highest BCUT2D eigenvalue weighted by atomic mass is 32.2. The van der Waals surface area contributed by atoms with Crippen LogP contribution < -0.4 is 35.2 Å². The zero-order valence-electron chi connectivity index (χ0n) is 42.0. The van der Waals surface area contributed by atoms with Crippen LogP contribution in [-0.2, 0) is 15.1 Å². The third-order valence-corrected chi connectivity index (χ3v) is 13.9. The quantitative estimate of drug-likeness (QED) is 0.0427. The number of ether oxygens (including phenoxy) is 6. The van der Waals surface area contributed by atoms with Crippen LogP contribution in [0.3, 0.4) is 0 Å². The second-order valence-electron chi connectivity index (χ2n) is 17.3. The van der Waals surface area contributed by atoms with Crippen molar-refractivity contribution >= 4 is 62.3 Å². The number of nitrogens with zero attached hydrogens (tertiary/aromatic N) is 1. The van der Waals surface area contributed by atoms with Crippen LogP contribution >= 0.6 is 23.5 Å². The maximum absolute atomic E-state index is 13.7. The summed E-state index contributed by atoms with van der Waals surface area (Å²) in [6.07, 6.45) is 9.14. The molecule has 11 rings (SSSR count). The number of para-hydroxylation sites is 5. The van der Waals surface area contributed by atoms with Crippen LogP contribution in [0.4, 0.5) is 22.0 Å². The first-order chi connectivity index (χ1) is 37.2. The molecule has 1 unspecified atom stereocenters. The number of rotatable bonds is 5. The number of aliphatic hydroxyl groups excluding tert-OH is 1. The Bertz CT molecular complexity index is 3080. The molecule has 6 aliphatic rings. The number of nitrogens with one attached hydrogen (secondary N) is 1. The van der Waals surface area contributed by atoms with Crippen molar-refractivity contribution in [2.75, 3.05) is 57.8 Å². The summed E-state index contributed by atoms with van der Waals surface area (Å²) >= 11 is 2.81. The summed E-state index contributed by atoms with van der Waals surface area (Å²) in [5.74, 6) is 0.563. The lowest BCUT2D eigenvalue weighted by Crippen LogP contribution is -2.36. The fourth-order valence-corrected chi connectivity index (χ4v) is 10.2. The third kappa shape index (κ3) is 14.8. The van der Waals surface area contributed by atoms with E-state index >= 15 is 0 Å². The molecule has 0 amide bonds. The van der Waals surface area contributed by atoms with Gasteiger partial charge in [-0.1, -0.05) is 90.3 Å². The van der Waals surface area contributed by atoms with E-state index in [1.54, 1.807) is 67.2 Å². The van der Waals surface area contributed by atoms with Crippen molar-refractivity contribution < 1.29 is 65.1 Å². The van der Waals surface area contributed by atoms with Crippen molar-refractivity contribution in [3.8, 4) is 28.7 Å². The molecule has 0 aromatic heterocycles. The molecule has 20 heteroatoms. The number of benzene rings is 5. The number of Topliss-reactive ketones (excluding diaryl/α,β-unsaturated/α-hetero) is 1. The minimum atomic E-state index is -0.458. The number of hydrogen-bond acceptors (Lipinski definition) is 14. The maximum Gasteiger partial charge on any atom is 0.331 e. The number of carbonyl (C=O) groups is 2. The van der Waals surface area contributed by atoms with Gasteiger partial charge in [-0.15, -0.1) is 0 Å². The second-order valence-corrected chi connectivity index (χ2v) is 19.5. The molecule has 0 radical (unpaired) electrons. The van der Waals surface area contributed by atoms with Gasteiger partial charge in [-0.05, 0) is 66.5 Å². The summed E-state index contributed by atoms with van der Waals surface area (Å²) in [5, 5.41) is 16.6. The van der Waals surface area contributed by atoms with Gasteiger partial charge >= 0.3 is 5.97 Å². The van der Waals surface area contributed by atoms with Crippen LogP contribution in [0.2, 0.25) is 0 Å². The Morgan fingerprint density at radius 2 is 1.13 bits per heavy atom. The molecule has 1 spiro atoms. The average molecular weight is 1100 g/mol. The molecule has 6 N–H and O–H groups in total. The summed E-state index contributed by atoms with van der Waals surface area (Å²) in [5.41, 5.74) is 16.9. The number of hydrogen-bond donors (Lipinski definition) is 4. The van der Waals surface area contributed by atoms with Crippen LogP contribution in [0, 0.1) is 34.5 Å². The zero-order valence-corrected chi connectivity index (χ0v) is 43.7. The Labute approximate surface area is 451 Å². The predicted octanol–water partition coefficient (Wildman–Crippen LogP) is 11.2. The van der Waals surface area contributed by atoms with E-state index in [2.05, 4.69) is 4.99 Å². The Balaban J connectivity index is 0.000000141. The summed E-state index contributed by atoms with van der Waals surface area (Å²) < 4.78 is 98.0. The van der Waals surface area contributed by atoms with Gasteiger partial charge in [-0.2, -0.15) is 0 Å². The molecular formula is C57H57F5N4O9S2. The number of fused-ring (bicyclic) bond motifs is 6. The number of thioether (sulfide) groups is 2. The highest BCUT2D eigenvalue weighted by Gasteiger charge is 2.40. The molecule has 406 valence electrons. The first-order valence-corrected chi connectivity index (χ1v) is 26.6. The lowest BCUT2D eigenvalue weighted by atomic mass is 9.82. The lowest BCUT2D eigenvalue weighted by molar-refractivity contribution is -0.137. The minimum Gasteiger partial charge on any atom is -0.490 e. The molecule has 0 aliphatic carbocycles. The minimum absolute atomic E-state index is 0.0225. The van der Waals surface area contributed by atoms with Gasteiger partial charge in [0.2, 0.25) is 0 Å². The number of nitrogens with two attached hydrogens (primary N) is 2. The van der Waals surface area contributed by atoms with Crippen molar-refractivity contribution in [3.05, 3.63) is 166 Å². The molecule has 77 heavy (non-hydrogen) atoms. The van der Waals surface area contributed by atoms with Crippen molar-refractivity contribution in [3.63, 3.8) is 0 Å². The van der Waals surface area contributed by atoms with Gasteiger partial charge in [-0.25, -0.2) is 26.7 Å². The highest BCUT2D eigenvalue weighted by Crippen LogP contribution is 2.46. The molecule has 1 atom stereocenters. The Morgan fingerprint density at radius 1 is 0.675 bits per heavy atom. The number of aliphatic imine (C=N–C) groups is 1. The van der Waals surface area contributed by atoms with Crippen molar-refractivity contribution in [1.82, 2.24) is 0 Å². The molecule has 5 aromatic rings. The monoisotopic (exact) mass is 1100 g/mol. The van der Waals surface area contributed by atoms with Gasteiger partial charge in [0, 0.05) is 71.9 Å². The molecule has 0 saturated carbocycles. The van der Waals surface area contributed by atoms with Gasteiger partial charge in [0.1, 0.15) is 0 Å². The first-order valence-electron chi connectivity index (χ1n) is 24.7. The predicted molar refractivity (Wildman–Crippen MR) is 289 cm³/mol. The highest BCUT2D eigenvalue weighted by molar-refractivity contribution is 8.14. The van der Waals surface area contributed by atoms with Crippen LogP contribution in [0.1, 0.15) is 78.1 Å². The van der Waals surface area contributed by atoms with E-state index < -0.39 is 17.6 Å². The van der Waals surface area contributed by atoms with Gasteiger partial charge in [0.15, 0.2) is 74.0 Å². The smallest absolute Gasteiger partial charge is 0.331 e. The normalized spacial score (nSPS) is 18.8. The van der Waals surface area contributed by atoms with Crippen LogP contribution in [0.25, 0.3) is 16.7 Å². The lowest BCUT2D eigenvalue weighted by Gasteiger charge is -2.38. The van der Waals surface area contributed by atoms with Crippen molar-refractivity contribution in [2.24, 2.45) is 16.5 Å². The van der Waals surface area contributed by atoms with E-state index in [0.29, 0.717) is 85.2 Å². The number of carbonyl (C=O) groups excluding carboxylic acids is 2. The number of esters is 1. The van der Waals surface area contributed by atoms with Gasteiger partial charge in [0.25, 0.3) is 0 Å². The van der Waals surface area contributed by atoms with Gasteiger partial charge in [0.05, 0.1) is 57.4 Å². The molecule has 5 aromatic carbocycles. The molecule has 6 aliphatic heterocycles. The zero-order chi connectivity index (χ0) is 54.9. The van der Waals surface area contributed by atoms with Crippen molar-refractivity contribution in [2.45, 2.75) is 51.0 Å². The molecule has 0 fully saturated rings. The van der Waals surface area contributed by atoms with E-state index in [0.717, 1.165) is 64.8 Å². The first kappa shape index (κ1) is 57.4. The van der Waals surface area contributed by atoms with E-state index in [1.807, 2.05) is 18.2 Å². The Hall–Kier alpha value is -7.29. The fraction of sp³-hybridized carbons (Fsp3) is 0.298.